The van der Waals surface area contributed by atoms with Crippen LogP contribution in [0.2, 0.25) is 0 Å². The fourth-order valence-corrected chi connectivity index (χ4v) is 2.33. The van der Waals surface area contributed by atoms with Crippen molar-refractivity contribution in [1.29, 1.82) is 5.26 Å². The molecule has 0 fully saturated rings. The van der Waals surface area contributed by atoms with E-state index in [1.807, 2.05) is 24.3 Å². The number of benzene rings is 2. The van der Waals surface area contributed by atoms with Crippen LogP contribution in [0, 0.1) is 25.2 Å². The summed E-state index contributed by atoms with van der Waals surface area (Å²) < 4.78 is 0. The average Bonchev–Trinajstić information content (AvgIpc) is 2.57. The average molecular weight is 434 g/mol. The standard InChI is InChI=1S/C19H22N4.HI/c1-14-4-9-18(15(2)10-14)13-23-19(21-3)22-12-17-7-5-16(11-20)6-8-17;/h4-10H,12-13H2,1-3H3,(H2,21,22,23);1H. The van der Waals surface area contributed by atoms with Gasteiger partial charge in [-0.15, -0.1) is 24.0 Å². The number of nitrogens with zero attached hydrogens (tertiary/aromatic N) is 2. The molecule has 2 aromatic carbocycles. The predicted octanol–water partition coefficient (Wildman–Crippen LogP) is 3.66. The van der Waals surface area contributed by atoms with E-state index in [0.29, 0.717) is 12.1 Å². The molecule has 0 aliphatic heterocycles. The minimum absolute atomic E-state index is 0. The molecule has 0 aromatic heterocycles. The van der Waals surface area contributed by atoms with E-state index in [1.54, 1.807) is 7.05 Å². The highest BCUT2D eigenvalue weighted by Gasteiger charge is 2.02. The Morgan fingerprint density at radius 1 is 1.04 bits per heavy atom. The lowest BCUT2D eigenvalue weighted by Gasteiger charge is -2.13. The highest BCUT2D eigenvalue weighted by atomic mass is 127. The minimum atomic E-state index is 0. The monoisotopic (exact) mass is 434 g/mol. The van der Waals surface area contributed by atoms with Crippen LogP contribution in [-0.2, 0) is 13.1 Å². The van der Waals surface area contributed by atoms with Crippen molar-refractivity contribution in [3.05, 3.63) is 70.3 Å². The molecule has 4 nitrogen and oxygen atoms in total. The lowest BCUT2D eigenvalue weighted by Crippen LogP contribution is -2.36. The van der Waals surface area contributed by atoms with Gasteiger partial charge >= 0.3 is 0 Å². The molecule has 126 valence electrons. The normalized spacial score (nSPS) is 10.5. The molecular weight excluding hydrogens is 411 g/mol. The van der Waals surface area contributed by atoms with E-state index >= 15 is 0 Å². The Morgan fingerprint density at radius 2 is 1.71 bits per heavy atom. The van der Waals surface area contributed by atoms with E-state index in [2.05, 4.69) is 53.7 Å². The highest BCUT2D eigenvalue weighted by molar-refractivity contribution is 14.0. The van der Waals surface area contributed by atoms with Crippen molar-refractivity contribution in [3.63, 3.8) is 0 Å². The minimum Gasteiger partial charge on any atom is -0.352 e. The zero-order valence-electron chi connectivity index (χ0n) is 14.3. The molecule has 0 unspecified atom stereocenters. The third kappa shape index (κ3) is 5.85. The second-order valence-electron chi connectivity index (χ2n) is 5.52. The summed E-state index contributed by atoms with van der Waals surface area (Å²) in [5.41, 5.74) is 5.59. The predicted molar refractivity (Wildman–Crippen MR) is 110 cm³/mol. The SMILES string of the molecule is CN=C(NCc1ccc(C#N)cc1)NCc1ccc(C)cc1C.I. The quantitative estimate of drug-likeness (QED) is 0.439. The smallest absolute Gasteiger partial charge is 0.191 e. The number of aliphatic imine (C=N–C) groups is 1. The summed E-state index contributed by atoms with van der Waals surface area (Å²) in [6.45, 7) is 5.62. The molecule has 0 bridgehead atoms. The number of guanidine groups is 1. The summed E-state index contributed by atoms with van der Waals surface area (Å²) in [4.78, 5) is 4.24. The number of nitrogens with one attached hydrogen (secondary N) is 2. The maximum atomic E-state index is 8.81. The van der Waals surface area contributed by atoms with Crippen molar-refractivity contribution in [1.82, 2.24) is 10.6 Å². The molecule has 0 heterocycles. The fraction of sp³-hybridized carbons (Fsp3) is 0.263. The summed E-state index contributed by atoms with van der Waals surface area (Å²) in [5.74, 6) is 0.759. The van der Waals surface area contributed by atoms with E-state index in [4.69, 9.17) is 5.26 Å². The van der Waals surface area contributed by atoms with Crippen LogP contribution in [0.5, 0.6) is 0 Å². The highest BCUT2D eigenvalue weighted by Crippen LogP contribution is 2.10. The summed E-state index contributed by atoms with van der Waals surface area (Å²) in [7, 11) is 1.76. The number of rotatable bonds is 4. The number of halogens is 1. The molecule has 0 aliphatic rings. The van der Waals surface area contributed by atoms with Gasteiger partial charge in [-0.3, -0.25) is 4.99 Å². The van der Waals surface area contributed by atoms with Crippen LogP contribution in [0.3, 0.4) is 0 Å². The molecule has 5 heteroatoms. The lowest BCUT2D eigenvalue weighted by atomic mass is 10.1. The Morgan fingerprint density at radius 3 is 2.29 bits per heavy atom. The summed E-state index contributed by atoms with van der Waals surface area (Å²) >= 11 is 0. The van der Waals surface area contributed by atoms with Crippen molar-refractivity contribution in [2.45, 2.75) is 26.9 Å². The third-order valence-electron chi connectivity index (χ3n) is 3.71. The van der Waals surface area contributed by atoms with Crippen molar-refractivity contribution >= 4 is 29.9 Å². The molecular formula is C19H23IN4. The summed E-state index contributed by atoms with van der Waals surface area (Å²) in [5, 5.41) is 15.4. The molecule has 2 rings (SSSR count). The first-order chi connectivity index (χ1) is 11.1. The number of hydrogen-bond donors (Lipinski definition) is 2. The van der Waals surface area contributed by atoms with Crippen LogP contribution in [0.15, 0.2) is 47.5 Å². The van der Waals surface area contributed by atoms with Crippen molar-refractivity contribution in [3.8, 4) is 6.07 Å². The third-order valence-corrected chi connectivity index (χ3v) is 3.71. The van der Waals surface area contributed by atoms with Crippen molar-refractivity contribution in [2.24, 2.45) is 4.99 Å². The molecule has 0 aliphatic carbocycles. The van der Waals surface area contributed by atoms with Crippen LogP contribution in [0.25, 0.3) is 0 Å². The fourth-order valence-electron chi connectivity index (χ4n) is 2.33. The van der Waals surface area contributed by atoms with E-state index < -0.39 is 0 Å². The van der Waals surface area contributed by atoms with E-state index in [1.165, 1.54) is 16.7 Å². The summed E-state index contributed by atoms with van der Waals surface area (Å²) in [6.07, 6.45) is 0. The van der Waals surface area contributed by atoms with Gasteiger partial charge in [0, 0.05) is 20.1 Å². The van der Waals surface area contributed by atoms with Crippen molar-refractivity contribution in [2.75, 3.05) is 7.05 Å². The molecule has 24 heavy (non-hydrogen) atoms. The second-order valence-corrected chi connectivity index (χ2v) is 5.52. The first kappa shape index (κ1) is 20.0. The van der Waals surface area contributed by atoms with Crippen LogP contribution >= 0.6 is 24.0 Å². The van der Waals surface area contributed by atoms with Crippen LogP contribution in [-0.4, -0.2) is 13.0 Å². The maximum absolute atomic E-state index is 8.81. The Hall–Kier alpha value is -2.07. The Bertz CT molecular complexity index is 730. The maximum Gasteiger partial charge on any atom is 0.191 e. The van der Waals surface area contributed by atoms with Crippen molar-refractivity contribution < 1.29 is 0 Å². The topological polar surface area (TPSA) is 60.2 Å². The number of hydrogen-bond acceptors (Lipinski definition) is 2. The van der Waals surface area contributed by atoms with Gasteiger partial charge in [0.1, 0.15) is 0 Å². The van der Waals surface area contributed by atoms with Gasteiger partial charge in [0.05, 0.1) is 11.6 Å². The first-order valence-corrected chi connectivity index (χ1v) is 7.62. The number of nitriles is 1. The van der Waals surface area contributed by atoms with Gasteiger partial charge in [0.25, 0.3) is 0 Å². The van der Waals surface area contributed by atoms with Gasteiger partial charge in [-0.1, -0.05) is 35.9 Å². The Labute approximate surface area is 161 Å². The molecule has 2 N–H and O–H groups in total. The molecule has 0 amide bonds. The molecule has 2 aromatic rings. The van der Waals surface area contributed by atoms with Gasteiger partial charge in [-0.25, -0.2) is 0 Å². The van der Waals surface area contributed by atoms with Gasteiger partial charge in [0.15, 0.2) is 5.96 Å². The van der Waals surface area contributed by atoms with Crippen LogP contribution in [0.1, 0.15) is 27.8 Å². The zero-order chi connectivity index (χ0) is 16.7. The largest absolute Gasteiger partial charge is 0.352 e. The van der Waals surface area contributed by atoms with Gasteiger partial charge in [0.2, 0.25) is 0 Å². The second kappa shape index (κ2) is 9.93. The van der Waals surface area contributed by atoms with E-state index in [0.717, 1.165) is 18.1 Å². The first-order valence-electron chi connectivity index (χ1n) is 7.62. The van der Waals surface area contributed by atoms with Crippen LogP contribution < -0.4 is 10.6 Å². The van der Waals surface area contributed by atoms with Gasteiger partial charge < -0.3 is 10.6 Å². The molecule has 0 saturated heterocycles. The molecule has 0 spiro atoms. The number of aryl methyl sites for hydroxylation is 2. The van der Waals surface area contributed by atoms with E-state index in [9.17, 15) is 0 Å². The zero-order valence-corrected chi connectivity index (χ0v) is 16.6. The molecule has 0 saturated carbocycles. The van der Waals surface area contributed by atoms with Crippen LogP contribution in [0.4, 0.5) is 0 Å². The lowest BCUT2D eigenvalue weighted by molar-refractivity contribution is 0.806. The van der Waals surface area contributed by atoms with Gasteiger partial charge in [-0.2, -0.15) is 5.26 Å². The Kier molecular flexibility index (Phi) is 8.27. The van der Waals surface area contributed by atoms with E-state index in [-0.39, 0.29) is 24.0 Å². The summed E-state index contributed by atoms with van der Waals surface area (Å²) in [6, 6.07) is 16.1. The van der Waals surface area contributed by atoms with Gasteiger partial charge in [-0.05, 0) is 42.7 Å². The molecule has 0 atom stereocenters. The molecule has 0 radical (unpaired) electrons. The Balaban J connectivity index is 0.00000288.